The van der Waals surface area contributed by atoms with Gasteiger partial charge in [0, 0.05) is 16.8 Å². The minimum atomic E-state index is 1.01. The molecule has 4 aromatic carbocycles. The molecular formula is C35H35N. The van der Waals surface area contributed by atoms with Crippen LogP contribution in [0.2, 0.25) is 0 Å². The predicted molar refractivity (Wildman–Crippen MR) is 159 cm³/mol. The summed E-state index contributed by atoms with van der Waals surface area (Å²) in [5.41, 5.74) is 10.6. The molecule has 0 saturated heterocycles. The van der Waals surface area contributed by atoms with Crippen LogP contribution >= 0.6 is 0 Å². The summed E-state index contributed by atoms with van der Waals surface area (Å²) >= 11 is 0. The number of hydrogen-bond donors (Lipinski definition) is 0. The van der Waals surface area contributed by atoms with Crippen molar-refractivity contribution in [3.63, 3.8) is 0 Å². The zero-order valence-corrected chi connectivity index (χ0v) is 22.0. The van der Waals surface area contributed by atoms with E-state index in [1.807, 2.05) is 6.92 Å². The second-order valence-corrected chi connectivity index (χ2v) is 9.54. The molecule has 0 aliphatic rings. The van der Waals surface area contributed by atoms with Crippen LogP contribution in [0.5, 0.6) is 0 Å². The van der Waals surface area contributed by atoms with Crippen LogP contribution in [0.4, 0.5) is 11.4 Å². The molecule has 1 nitrogen and oxygen atoms in total. The van der Waals surface area contributed by atoms with E-state index in [9.17, 15) is 0 Å². The molecule has 4 rings (SSSR count). The number of benzene rings is 4. The van der Waals surface area contributed by atoms with Crippen LogP contribution in [-0.4, -0.2) is 0 Å². The first-order valence-electron chi connectivity index (χ1n) is 12.5. The number of nitrogens with zero attached hydrogens (tertiary/aromatic N) is 1. The van der Waals surface area contributed by atoms with E-state index in [0.29, 0.717) is 0 Å². The van der Waals surface area contributed by atoms with Crippen molar-refractivity contribution in [2.24, 2.45) is 0 Å². The van der Waals surface area contributed by atoms with Crippen LogP contribution in [-0.2, 0) is 0 Å². The lowest BCUT2D eigenvalue weighted by molar-refractivity contribution is 1.19. The molecule has 0 atom stereocenters. The van der Waals surface area contributed by atoms with E-state index in [0.717, 1.165) is 22.6 Å². The van der Waals surface area contributed by atoms with E-state index in [1.54, 1.807) is 0 Å². The largest absolute Gasteiger partial charge is 0.310 e. The summed E-state index contributed by atoms with van der Waals surface area (Å²) in [5.74, 6) is 0. The van der Waals surface area contributed by atoms with Gasteiger partial charge >= 0.3 is 0 Å². The van der Waals surface area contributed by atoms with Crippen LogP contribution < -0.4 is 4.90 Å². The van der Waals surface area contributed by atoms with Gasteiger partial charge in [-0.25, -0.2) is 0 Å². The number of fused-ring (bicyclic) bond motifs is 1. The average Bonchev–Trinajstić information content (AvgIpc) is 2.86. The third-order valence-corrected chi connectivity index (χ3v) is 6.26. The van der Waals surface area contributed by atoms with Crippen molar-refractivity contribution in [3.8, 4) is 0 Å². The topological polar surface area (TPSA) is 3.24 Å². The van der Waals surface area contributed by atoms with Crippen molar-refractivity contribution in [1.82, 2.24) is 0 Å². The van der Waals surface area contributed by atoms with Crippen molar-refractivity contribution < 1.29 is 0 Å². The Morgan fingerprint density at radius 1 is 0.750 bits per heavy atom. The molecule has 0 fully saturated rings. The van der Waals surface area contributed by atoms with Gasteiger partial charge in [-0.3, -0.25) is 0 Å². The average molecular weight is 470 g/mol. The SMILES string of the molecule is C=C(C)/C=C(\C=C(C)C)N(c1ccc(/C(=C/C)c2ccccc2C)cc1)c1cccc2ccccc12. The van der Waals surface area contributed by atoms with E-state index in [4.69, 9.17) is 0 Å². The summed E-state index contributed by atoms with van der Waals surface area (Å²) in [4.78, 5) is 2.34. The van der Waals surface area contributed by atoms with Gasteiger partial charge in [0.15, 0.2) is 0 Å². The monoisotopic (exact) mass is 469 g/mol. The Hall–Kier alpha value is -4.10. The Bertz CT molecular complexity index is 1470. The predicted octanol–water partition coefficient (Wildman–Crippen LogP) is 10.2. The molecule has 0 N–H and O–H groups in total. The molecule has 1 heteroatoms. The van der Waals surface area contributed by atoms with E-state index in [-0.39, 0.29) is 0 Å². The van der Waals surface area contributed by atoms with Crippen LogP contribution in [0.3, 0.4) is 0 Å². The molecule has 0 saturated carbocycles. The fraction of sp³-hybridized carbons (Fsp3) is 0.143. The minimum absolute atomic E-state index is 1.01. The maximum Gasteiger partial charge on any atom is 0.0540 e. The van der Waals surface area contributed by atoms with Gasteiger partial charge in [-0.2, -0.15) is 0 Å². The summed E-state index contributed by atoms with van der Waals surface area (Å²) in [6.45, 7) is 14.8. The highest BCUT2D eigenvalue weighted by Gasteiger charge is 2.17. The standard InChI is InChI=1S/C35H35N/c1-7-32(33-16-10-8-13-27(33)6)29-19-21-30(22-20-29)36(31(23-25(2)3)24-26(4)5)35-18-12-15-28-14-9-11-17-34(28)35/h7-24H,2H2,1,3-6H3/b31-23+,32-7-. The second-order valence-electron chi connectivity index (χ2n) is 9.54. The third kappa shape index (κ3) is 5.42. The van der Waals surface area contributed by atoms with Crippen molar-refractivity contribution >= 4 is 27.7 Å². The molecule has 0 radical (unpaired) electrons. The summed E-state index contributed by atoms with van der Waals surface area (Å²) in [7, 11) is 0. The molecule has 4 aromatic rings. The molecule has 0 unspecified atom stereocenters. The summed E-state index contributed by atoms with van der Waals surface area (Å²) in [5, 5.41) is 2.44. The van der Waals surface area contributed by atoms with Gasteiger partial charge in [0.2, 0.25) is 0 Å². The van der Waals surface area contributed by atoms with Gasteiger partial charge < -0.3 is 4.90 Å². The highest BCUT2D eigenvalue weighted by molar-refractivity contribution is 5.97. The van der Waals surface area contributed by atoms with Crippen LogP contribution in [0.25, 0.3) is 16.3 Å². The van der Waals surface area contributed by atoms with Gasteiger partial charge in [0.25, 0.3) is 0 Å². The Labute approximate surface area is 216 Å². The fourth-order valence-electron chi connectivity index (χ4n) is 4.69. The van der Waals surface area contributed by atoms with Crippen LogP contribution in [0.15, 0.2) is 133 Å². The van der Waals surface area contributed by atoms with Gasteiger partial charge in [-0.05, 0) is 92.6 Å². The van der Waals surface area contributed by atoms with Gasteiger partial charge in [0.05, 0.1) is 5.69 Å². The van der Waals surface area contributed by atoms with Crippen molar-refractivity contribution in [3.05, 3.63) is 149 Å². The van der Waals surface area contributed by atoms with E-state index in [2.05, 4.69) is 148 Å². The minimum Gasteiger partial charge on any atom is -0.310 e. The smallest absolute Gasteiger partial charge is 0.0540 e. The number of anilines is 2. The molecule has 0 heterocycles. The van der Waals surface area contributed by atoms with E-state index < -0.39 is 0 Å². The third-order valence-electron chi connectivity index (χ3n) is 6.26. The lowest BCUT2D eigenvalue weighted by Crippen LogP contribution is -2.16. The van der Waals surface area contributed by atoms with Crippen LogP contribution in [0, 0.1) is 6.92 Å². The number of hydrogen-bond acceptors (Lipinski definition) is 1. The van der Waals surface area contributed by atoms with Gasteiger partial charge in [0.1, 0.15) is 0 Å². The summed E-state index contributed by atoms with van der Waals surface area (Å²) < 4.78 is 0. The Morgan fingerprint density at radius 3 is 2.08 bits per heavy atom. The van der Waals surface area contributed by atoms with Crippen molar-refractivity contribution in [2.45, 2.75) is 34.6 Å². The molecule has 0 aliphatic heterocycles. The molecule has 0 bridgehead atoms. The summed E-state index contributed by atoms with van der Waals surface area (Å²) in [6, 6.07) is 32.6. The Kier molecular flexibility index (Phi) is 7.71. The summed E-state index contributed by atoms with van der Waals surface area (Å²) in [6.07, 6.45) is 6.60. The van der Waals surface area contributed by atoms with Crippen LogP contribution in [0.1, 0.15) is 44.4 Å². The maximum atomic E-state index is 4.18. The zero-order valence-electron chi connectivity index (χ0n) is 22.0. The van der Waals surface area contributed by atoms with Gasteiger partial charge in [-0.15, -0.1) is 0 Å². The molecule has 0 amide bonds. The normalized spacial score (nSPS) is 11.9. The lowest BCUT2D eigenvalue weighted by atomic mass is 9.94. The Balaban J connectivity index is 1.89. The first-order valence-corrected chi connectivity index (χ1v) is 12.5. The first-order chi connectivity index (χ1) is 17.4. The molecule has 0 aromatic heterocycles. The molecule has 0 spiro atoms. The second kappa shape index (κ2) is 11.1. The maximum absolute atomic E-state index is 4.18. The van der Waals surface area contributed by atoms with E-state index >= 15 is 0 Å². The molecule has 0 aliphatic carbocycles. The van der Waals surface area contributed by atoms with Gasteiger partial charge in [-0.1, -0.05) is 96.6 Å². The number of aryl methyl sites for hydroxylation is 1. The lowest BCUT2D eigenvalue weighted by Gasteiger charge is -2.28. The number of rotatable bonds is 7. The quantitative estimate of drug-likeness (QED) is 0.243. The number of allylic oxidation sites excluding steroid dienone is 5. The Morgan fingerprint density at radius 2 is 1.42 bits per heavy atom. The van der Waals surface area contributed by atoms with E-state index in [1.165, 1.54) is 38.6 Å². The highest BCUT2D eigenvalue weighted by Crippen LogP contribution is 2.37. The molecular weight excluding hydrogens is 434 g/mol. The van der Waals surface area contributed by atoms with Crippen molar-refractivity contribution in [2.75, 3.05) is 4.90 Å². The zero-order chi connectivity index (χ0) is 25.7. The fourth-order valence-corrected chi connectivity index (χ4v) is 4.69. The first kappa shape index (κ1) is 25.0. The molecule has 180 valence electrons. The van der Waals surface area contributed by atoms with Crippen molar-refractivity contribution in [1.29, 1.82) is 0 Å². The molecule has 36 heavy (non-hydrogen) atoms. The highest BCUT2D eigenvalue weighted by atomic mass is 15.1.